The average Bonchev–Trinajstić information content (AvgIpc) is 2.19. The van der Waals surface area contributed by atoms with Gasteiger partial charge in [0.15, 0.2) is 5.79 Å². The topological polar surface area (TPSA) is 38.7 Å². The minimum atomic E-state index is -0.526. The molecular weight excluding hydrogens is 204 g/mol. The highest BCUT2D eigenvalue weighted by atomic mass is 16.7. The second-order valence-electron chi connectivity index (χ2n) is 5.86. The summed E-state index contributed by atoms with van der Waals surface area (Å²) in [6.07, 6.45) is -0.248. The van der Waals surface area contributed by atoms with E-state index in [1.165, 1.54) is 0 Å². The van der Waals surface area contributed by atoms with Crippen molar-refractivity contribution >= 4 is 0 Å². The monoisotopic (exact) mass is 230 g/mol. The Balaban J connectivity index is 2.69. The van der Waals surface area contributed by atoms with Crippen molar-refractivity contribution < 1.29 is 14.6 Å². The summed E-state index contributed by atoms with van der Waals surface area (Å²) in [7, 11) is 0. The Labute approximate surface area is 99.1 Å². The third-order valence-corrected chi connectivity index (χ3v) is 3.41. The molecule has 16 heavy (non-hydrogen) atoms. The molecule has 1 aliphatic rings. The van der Waals surface area contributed by atoms with Crippen LogP contribution in [-0.4, -0.2) is 29.7 Å². The third kappa shape index (κ3) is 3.19. The summed E-state index contributed by atoms with van der Waals surface area (Å²) in [6, 6.07) is 0. The lowest BCUT2D eigenvalue weighted by Crippen LogP contribution is -2.50. The van der Waals surface area contributed by atoms with E-state index in [0.717, 1.165) is 0 Å². The zero-order valence-corrected chi connectivity index (χ0v) is 11.4. The predicted octanol–water partition coefficient (Wildman–Crippen LogP) is 2.43. The minimum Gasteiger partial charge on any atom is -0.392 e. The molecule has 0 aromatic heterocycles. The first-order valence-corrected chi connectivity index (χ1v) is 6.24. The molecule has 0 aromatic rings. The fraction of sp³-hybridized carbons (Fsp3) is 1.00. The minimum absolute atomic E-state index is 0.0705. The highest BCUT2D eigenvalue weighted by molar-refractivity contribution is 4.83. The van der Waals surface area contributed by atoms with Gasteiger partial charge >= 0.3 is 0 Å². The van der Waals surface area contributed by atoms with Crippen molar-refractivity contribution in [3.63, 3.8) is 0 Å². The van der Waals surface area contributed by atoms with Gasteiger partial charge in [-0.1, -0.05) is 27.7 Å². The van der Waals surface area contributed by atoms with Crippen LogP contribution in [0.4, 0.5) is 0 Å². The first kappa shape index (κ1) is 13.9. The lowest BCUT2D eigenvalue weighted by molar-refractivity contribution is -0.304. The van der Waals surface area contributed by atoms with Crippen LogP contribution in [0.15, 0.2) is 0 Å². The second kappa shape index (κ2) is 5.03. The van der Waals surface area contributed by atoms with Crippen molar-refractivity contribution in [2.45, 2.75) is 59.5 Å². The fourth-order valence-corrected chi connectivity index (χ4v) is 2.33. The Morgan fingerprint density at radius 1 is 1.25 bits per heavy atom. The van der Waals surface area contributed by atoms with Crippen LogP contribution in [-0.2, 0) is 9.47 Å². The Bertz CT molecular complexity index is 225. The first-order chi connectivity index (χ1) is 7.24. The Morgan fingerprint density at radius 3 is 2.31 bits per heavy atom. The van der Waals surface area contributed by atoms with E-state index in [1.807, 2.05) is 27.7 Å². The highest BCUT2D eigenvalue weighted by Gasteiger charge is 2.39. The molecular formula is C13H26O3. The smallest absolute Gasteiger partial charge is 0.163 e. The van der Waals surface area contributed by atoms with Gasteiger partial charge in [0.1, 0.15) is 0 Å². The SMILES string of the molecule is CC(C)[C@H](O)[C@H](C)[C@H]1OC(C)(C)OC[C@@H]1C. The van der Waals surface area contributed by atoms with E-state index < -0.39 is 5.79 Å². The van der Waals surface area contributed by atoms with E-state index in [1.54, 1.807) is 0 Å². The number of hydrogen-bond donors (Lipinski definition) is 1. The maximum atomic E-state index is 10.1. The van der Waals surface area contributed by atoms with Gasteiger partial charge in [0.05, 0.1) is 18.8 Å². The summed E-state index contributed by atoms with van der Waals surface area (Å²) < 4.78 is 11.5. The van der Waals surface area contributed by atoms with Crippen LogP contribution in [0.2, 0.25) is 0 Å². The van der Waals surface area contributed by atoms with Crippen molar-refractivity contribution in [1.29, 1.82) is 0 Å². The van der Waals surface area contributed by atoms with Crippen molar-refractivity contribution in [1.82, 2.24) is 0 Å². The molecule has 0 aromatic carbocycles. The van der Waals surface area contributed by atoms with E-state index in [0.29, 0.717) is 12.5 Å². The van der Waals surface area contributed by atoms with Crippen LogP contribution in [0.3, 0.4) is 0 Å². The molecule has 0 aliphatic carbocycles. The molecule has 1 N–H and O–H groups in total. The van der Waals surface area contributed by atoms with Crippen molar-refractivity contribution in [2.24, 2.45) is 17.8 Å². The summed E-state index contributed by atoms with van der Waals surface area (Å²) in [6.45, 7) is 12.8. The van der Waals surface area contributed by atoms with Crippen LogP contribution >= 0.6 is 0 Å². The molecule has 4 atom stereocenters. The van der Waals surface area contributed by atoms with Gasteiger partial charge in [-0.25, -0.2) is 0 Å². The molecule has 1 rings (SSSR count). The van der Waals surface area contributed by atoms with Gasteiger partial charge < -0.3 is 14.6 Å². The van der Waals surface area contributed by atoms with Gasteiger partial charge in [-0.15, -0.1) is 0 Å². The predicted molar refractivity (Wildman–Crippen MR) is 64.1 cm³/mol. The fourth-order valence-electron chi connectivity index (χ4n) is 2.33. The van der Waals surface area contributed by atoms with Gasteiger partial charge in [-0.05, 0) is 19.8 Å². The lowest BCUT2D eigenvalue weighted by atomic mass is 9.84. The summed E-state index contributed by atoms with van der Waals surface area (Å²) in [5.41, 5.74) is 0. The number of hydrogen-bond acceptors (Lipinski definition) is 3. The van der Waals surface area contributed by atoms with Crippen LogP contribution in [0.25, 0.3) is 0 Å². The molecule has 0 spiro atoms. The summed E-state index contributed by atoms with van der Waals surface area (Å²) in [5.74, 6) is 0.202. The van der Waals surface area contributed by atoms with Gasteiger partial charge in [0.25, 0.3) is 0 Å². The van der Waals surface area contributed by atoms with Gasteiger partial charge in [-0.2, -0.15) is 0 Å². The molecule has 1 fully saturated rings. The van der Waals surface area contributed by atoms with Crippen molar-refractivity contribution in [2.75, 3.05) is 6.61 Å². The van der Waals surface area contributed by atoms with Crippen LogP contribution in [0.1, 0.15) is 41.5 Å². The number of aliphatic hydroxyl groups excluding tert-OH is 1. The number of rotatable bonds is 3. The average molecular weight is 230 g/mol. The van der Waals surface area contributed by atoms with Gasteiger partial charge in [0, 0.05) is 11.8 Å². The van der Waals surface area contributed by atoms with Gasteiger partial charge in [-0.3, -0.25) is 0 Å². The second-order valence-corrected chi connectivity index (χ2v) is 5.86. The zero-order valence-electron chi connectivity index (χ0n) is 11.4. The molecule has 96 valence electrons. The van der Waals surface area contributed by atoms with E-state index in [4.69, 9.17) is 9.47 Å². The number of ether oxygens (including phenoxy) is 2. The maximum absolute atomic E-state index is 10.1. The molecule has 0 amide bonds. The summed E-state index contributed by atoms with van der Waals surface area (Å²) in [4.78, 5) is 0. The molecule has 3 heteroatoms. The van der Waals surface area contributed by atoms with Gasteiger partial charge in [0.2, 0.25) is 0 Å². The summed E-state index contributed by atoms with van der Waals surface area (Å²) >= 11 is 0. The molecule has 0 radical (unpaired) electrons. The third-order valence-electron chi connectivity index (χ3n) is 3.41. The van der Waals surface area contributed by atoms with E-state index in [-0.39, 0.29) is 24.0 Å². The Morgan fingerprint density at radius 2 is 1.81 bits per heavy atom. The maximum Gasteiger partial charge on any atom is 0.163 e. The lowest BCUT2D eigenvalue weighted by Gasteiger charge is -2.44. The standard InChI is InChI=1S/C13H26O3/c1-8(2)11(14)10(4)12-9(3)7-15-13(5,6)16-12/h8-12,14H,7H2,1-6H3/t9-,10-,11-,12-/m0/s1. The highest BCUT2D eigenvalue weighted by Crippen LogP contribution is 2.32. The summed E-state index contributed by atoms with van der Waals surface area (Å²) in [5, 5.41) is 10.1. The van der Waals surface area contributed by atoms with Crippen LogP contribution < -0.4 is 0 Å². The van der Waals surface area contributed by atoms with Crippen LogP contribution in [0.5, 0.6) is 0 Å². The molecule has 0 bridgehead atoms. The Hall–Kier alpha value is -0.120. The van der Waals surface area contributed by atoms with E-state index >= 15 is 0 Å². The molecule has 3 nitrogen and oxygen atoms in total. The molecule has 0 saturated carbocycles. The van der Waals surface area contributed by atoms with Crippen LogP contribution in [0, 0.1) is 17.8 Å². The Kier molecular flexibility index (Phi) is 4.38. The normalized spacial score (nSPS) is 33.8. The largest absolute Gasteiger partial charge is 0.392 e. The molecule has 0 unspecified atom stereocenters. The van der Waals surface area contributed by atoms with Crippen molar-refractivity contribution in [3.8, 4) is 0 Å². The first-order valence-electron chi connectivity index (χ1n) is 6.24. The zero-order chi connectivity index (χ0) is 12.5. The quantitative estimate of drug-likeness (QED) is 0.809. The van der Waals surface area contributed by atoms with Crippen molar-refractivity contribution in [3.05, 3.63) is 0 Å². The van der Waals surface area contributed by atoms with E-state index in [9.17, 15) is 5.11 Å². The molecule has 1 aliphatic heterocycles. The molecule has 1 saturated heterocycles. The molecule has 1 heterocycles. The van der Waals surface area contributed by atoms with E-state index in [2.05, 4.69) is 13.8 Å². The number of aliphatic hydroxyl groups is 1.